The first-order valence-electron chi connectivity index (χ1n) is 8.15. The van der Waals surface area contributed by atoms with E-state index >= 15 is 0 Å². The molecule has 0 spiro atoms. The van der Waals surface area contributed by atoms with Crippen molar-refractivity contribution in [1.29, 1.82) is 0 Å². The highest BCUT2D eigenvalue weighted by Gasteiger charge is 2.30. The van der Waals surface area contributed by atoms with E-state index in [1.54, 1.807) is 30.8 Å². The maximum atomic E-state index is 13.2. The molecule has 1 aliphatic rings. The highest BCUT2D eigenvalue weighted by Crippen LogP contribution is 2.36. The molecule has 3 heterocycles. The third-order valence-corrected chi connectivity index (χ3v) is 4.88. The summed E-state index contributed by atoms with van der Waals surface area (Å²) in [6.45, 7) is 0.783. The number of anilines is 1. The first-order chi connectivity index (χ1) is 12.0. The molecule has 0 amide bonds. The molecule has 0 bridgehead atoms. The zero-order valence-corrected chi connectivity index (χ0v) is 14.0. The average Bonchev–Trinajstić information content (AvgIpc) is 3.18. The zero-order valence-electron chi connectivity index (χ0n) is 14.0. The summed E-state index contributed by atoms with van der Waals surface area (Å²) < 4.78 is 16.3. The van der Waals surface area contributed by atoms with Gasteiger partial charge in [0, 0.05) is 20.6 Å². The van der Waals surface area contributed by atoms with Crippen LogP contribution < -0.4 is 16.1 Å². The minimum Gasteiger partial charge on any atom is -0.335 e. The van der Waals surface area contributed by atoms with E-state index in [2.05, 4.69) is 14.9 Å². The predicted molar refractivity (Wildman–Crippen MR) is 92.3 cm³/mol. The molecule has 1 unspecified atom stereocenters. The summed E-state index contributed by atoms with van der Waals surface area (Å²) in [5.41, 5.74) is 0.794. The average molecular weight is 343 g/mol. The van der Waals surface area contributed by atoms with Crippen LogP contribution in [0.5, 0.6) is 0 Å². The van der Waals surface area contributed by atoms with E-state index in [1.807, 2.05) is 0 Å². The number of nitrogens with one attached hydrogen (secondary N) is 1. The molecule has 0 saturated carbocycles. The van der Waals surface area contributed by atoms with Crippen LogP contribution in [0, 0.1) is 5.82 Å². The molecule has 0 aliphatic carbocycles. The number of rotatable bonds is 2. The summed E-state index contributed by atoms with van der Waals surface area (Å²) in [4.78, 5) is 33.0. The molecule has 1 aliphatic heterocycles. The minimum atomic E-state index is -0.487. The zero-order chi connectivity index (χ0) is 17.7. The topological polar surface area (TPSA) is 75.9 Å². The summed E-state index contributed by atoms with van der Waals surface area (Å²) in [6, 6.07) is 6.53. The maximum absolute atomic E-state index is 13.2. The van der Waals surface area contributed by atoms with Gasteiger partial charge in [-0.2, -0.15) is 4.98 Å². The summed E-state index contributed by atoms with van der Waals surface area (Å²) in [5, 5.41) is 0. The number of aromatic amines is 1. The van der Waals surface area contributed by atoms with Crippen LogP contribution in [-0.2, 0) is 14.1 Å². The van der Waals surface area contributed by atoms with Crippen LogP contribution >= 0.6 is 0 Å². The van der Waals surface area contributed by atoms with E-state index in [9.17, 15) is 14.0 Å². The Balaban J connectivity index is 1.86. The van der Waals surface area contributed by atoms with E-state index in [-0.39, 0.29) is 11.9 Å². The predicted octanol–water partition coefficient (Wildman–Crippen LogP) is 1.44. The SMILES string of the molecule is Cn1c(N2CCCC2c2ccc(F)cc2)nc2c1c(=O)[nH]c(=O)n2C. The Hall–Kier alpha value is -2.90. The molecular formula is C17H18FN5O2. The lowest BCUT2D eigenvalue weighted by Gasteiger charge is -2.26. The number of H-pyrrole nitrogens is 1. The Labute approximate surface area is 142 Å². The number of aromatic nitrogens is 4. The number of fused-ring (bicyclic) bond motifs is 1. The van der Waals surface area contributed by atoms with E-state index in [0.717, 1.165) is 24.9 Å². The summed E-state index contributed by atoms with van der Waals surface area (Å²) >= 11 is 0. The Kier molecular flexibility index (Phi) is 3.48. The van der Waals surface area contributed by atoms with E-state index in [0.29, 0.717) is 17.1 Å². The van der Waals surface area contributed by atoms with E-state index < -0.39 is 11.2 Å². The summed E-state index contributed by atoms with van der Waals surface area (Å²) in [6.07, 6.45) is 1.89. The Morgan fingerprint density at radius 1 is 1.16 bits per heavy atom. The van der Waals surface area contributed by atoms with Gasteiger partial charge in [0.2, 0.25) is 5.95 Å². The van der Waals surface area contributed by atoms with Crippen molar-refractivity contribution >= 4 is 17.1 Å². The molecule has 4 rings (SSSR count). The molecule has 1 saturated heterocycles. The van der Waals surface area contributed by atoms with E-state index in [4.69, 9.17) is 0 Å². The first kappa shape index (κ1) is 15.6. The Morgan fingerprint density at radius 2 is 1.88 bits per heavy atom. The second kappa shape index (κ2) is 5.58. The molecule has 1 N–H and O–H groups in total. The number of hydrogen-bond donors (Lipinski definition) is 1. The molecule has 25 heavy (non-hydrogen) atoms. The molecule has 1 atom stereocenters. The lowest BCUT2D eigenvalue weighted by Crippen LogP contribution is -2.29. The van der Waals surface area contributed by atoms with Crippen molar-refractivity contribution < 1.29 is 4.39 Å². The minimum absolute atomic E-state index is 0.0622. The third kappa shape index (κ3) is 2.36. The van der Waals surface area contributed by atoms with Gasteiger partial charge in [-0.3, -0.25) is 14.3 Å². The van der Waals surface area contributed by atoms with Gasteiger partial charge < -0.3 is 9.47 Å². The molecule has 3 aromatic rings. The highest BCUT2D eigenvalue weighted by atomic mass is 19.1. The number of aryl methyl sites for hydroxylation is 2. The van der Waals surface area contributed by atoms with Crippen LogP contribution in [0.3, 0.4) is 0 Å². The van der Waals surface area contributed by atoms with E-state index in [1.165, 1.54) is 16.7 Å². The van der Waals surface area contributed by atoms with Crippen molar-refractivity contribution in [2.45, 2.75) is 18.9 Å². The normalized spacial score (nSPS) is 17.6. The lowest BCUT2D eigenvalue weighted by molar-refractivity contribution is 0.623. The van der Waals surface area contributed by atoms with Crippen LogP contribution in [0.2, 0.25) is 0 Å². The fraction of sp³-hybridized carbons (Fsp3) is 0.353. The summed E-state index contributed by atoms with van der Waals surface area (Å²) in [7, 11) is 3.35. The fourth-order valence-electron chi connectivity index (χ4n) is 3.59. The van der Waals surface area contributed by atoms with Crippen LogP contribution in [0.4, 0.5) is 10.3 Å². The van der Waals surface area contributed by atoms with Gasteiger partial charge in [0.1, 0.15) is 5.82 Å². The van der Waals surface area contributed by atoms with Crippen LogP contribution in [0.15, 0.2) is 33.9 Å². The quantitative estimate of drug-likeness (QED) is 0.764. The van der Waals surface area contributed by atoms with Crippen molar-refractivity contribution in [2.24, 2.45) is 14.1 Å². The number of benzene rings is 1. The lowest BCUT2D eigenvalue weighted by atomic mass is 10.0. The van der Waals surface area contributed by atoms with Gasteiger partial charge in [-0.1, -0.05) is 12.1 Å². The molecule has 7 nitrogen and oxygen atoms in total. The van der Waals surface area contributed by atoms with Crippen LogP contribution in [-0.4, -0.2) is 25.6 Å². The largest absolute Gasteiger partial charge is 0.335 e. The smallest absolute Gasteiger partial charge is 0.329 e. The molecule has 130 valence electrons. The van der Waals surface area contributed by atoms with Gasteiger partial charge in [-0.15, -0.1) is 0 Å². The highest BCUT2D eigenvalue weighted by molar-refractivity contribution is 5.74. The molecular weight excluding hydrogens is 325 g/mol. The number of hydrogen-bond acceptors (Lipinski definition) is 4. The molecule has 1 fully saturated rings. The van der Waals surface area contributed by atoms with Gasteiger partial charge in [0.05, 0.1) is 6.04 Å². The Morgan fingerprint density at radius 3 is 2.60 bits per heavy atom. The van der Waals surface area contributed by atoms with Gasteiger partial charge in [-0.05, 0) is 30.5 Å². The van der Waals surface area contributed by atoms with Crippen LogP contribution in [0.1, 0.15) is 24.4 Å². The van der Waals surface area contributed by atoms with Crippen molar-refractivity contribution in [1.82, 2.24) is 19.1 Å². The second-order valence-corrected chi connectivity index (χ2v) is 6.36. The molecule has 8 heteroatoms. The standard InChI is InChI=1S/C17H18FN5O2/c1-21-13-14(22(2)17(25)20-15(13)24)19-16(21)23-9-3-4-12(23)10-5-7-11(18)8-6-10/h5-8,12H,3-4,9H2,1-2H3,(H,20,24,25). The van der Waals surface area contributed by atoms with Crippen molar-refractivity contribution in [3.63, 3.8) is 0 Å². The first-order valence-corrected chi connectivity index (χ1v) is 8.15. The van der Waals surface area contributed by atoms with Crippen molar-refractivity contribution in [3.05, 3.63) is 56.5 Å². The third-order valence-electron chi connectivity index (χ3n) is 4.88. The molecule has 0 radical (unpaired) electrons. The van der Waals surface area contributed by atoms with Crippen molar-refractivity contribution in [2.75, 3.05) is 11.4 Å². The number of halogens is 1. The maximum Gasteiger partial charge on any atom is 0.329 e. The van der Waals surface area contributed by atoms with Crippen molar-refractivity contribution in [3.8, 4) is 0 Å². The van der Waals surface area contributed by atoms with Gasteiger partial charge in [-0.25, -0.2) is 9.18 Å². The summed E-state index contributed by atoms with van der Waals surface area (Å²) in [5.74, 6) is 0.367. The van der Waals surface area contributed by atoms with Gasteiger partial charge in [0.25, 0.3) is 5.56 Å². The number of imidazole rings is 1. The van der Waals surface area contributed by atoms with Crippen LogP contribution in [0.25, 0.3) is 11.2 Å². The number of nitrogens with zero attached hydrogens (tertiary/aromatic N) is 4. The monoisotopic (exact) mass is 343 g/mol. The second-order valence-electron chi connectivity index (χ2n) is 6.36. The molecule has 2 aromatic heterocycles. The Bertz CT molecular complexity index is 1060. The molecule has 1 aromatic carbocycles. The van der Waals surface area contributed by atoms with Gasteiger partial charge in [0.15, 0.2) is 11.2 Å². The fourth-order valence-corrected chi connectivity index (χ4v) is 3.59. The van der Waals surface area contributed by atoms with Gasteiger partial charge >= 0.3 is 5.69 Å².